The highest BCUT2D eigenvalue weighted by atomic mass is 32.2. The summed E-state index contributed by atoms with van der Waals surface area (Å²) in [5.74, 6) is 0.293. The molecule has 2 aromatic rings. The number of nitrogens with one attached hydrogen (secondary N) is 2. The monoisotopic (exact) mass is 364 g/mol. The van der Waals surface area contributed by atoms with Crippen LogP contribution < -0.4 is 15.4 Å². The van der Waals surface area contributed by atoms with Crippen LogP contribution in [0.2, 0.25) is 0 Å². The predicted molar refractivity (Wildman–Crippen MR) is 96.2 cm³/mol. The Balaban J connectivity index is 1.98. The highest BCUT2D eigenvalue weighted by Crippen LogP contribution is 2.14. The number of anilines is 1. The van der Waals surface area contributed by atoms with E-state index in [0.717, 1.165) is 6.26 Å². The van der Waals surface area contributed by atoms with Gasteiger partial charge in [0.05, 0.1) is 12.0 Å². The van der Waals surface area contributed by atoms with E-state index in [1.165, 1.54) is 12.1 Å². The Bertz CT molecular complexity index is 845. The van der Waals surface area contributed by atoms with Crippen LogP contribution in [-0.4, -0.2) is 32.8 Å². The number of carbonyl (C=O) groups is 1. The Hall–Kier alpha value is -2.45. The Morgan fingerprint density at radius 3 is 2.12 bits per heavy atom. The van der Waals surface area contributed by atoms with E-state index in [-0.39, 0.29) is 15.9 Å². The van der Waals surface area contributed by atoms with E-state index in [2.05, 4.69) is 10.6 Å². The maximum atomic E-state index is 12.1. The molecular weight excluding hydrogens is 348 g/mol. The molecule has 0 aliphatic carbocycles. The Kier molecular flexibility index (Phi) is 5.53. The van der Waals surface area contributed by atoms with Crippen molar-refractivity contribution in [2.45, 2.75) is 4.90 Å². The van der Waals surface area contributed by atoms with E-state index in [0.29, 0.717) is 17.0 Å². The van der Waals surface area contributed by atoms with E-state index in [1.807, 2.05) is 0 Å². The second-order valence-electron chi connectivity index (χ2n) is 4.93. The van der Waals surface area contributed by atoms with Gasteiger partial charge in [-0.05, 0) is 60.7 Å². The van der Waals surface area contributed by atoms with E-state index in [9.17, 15) is 13.2 Å². The third-order valence-electron chi connectivity index (χ3n) is 3.12. The summed E-state index contributed by atoms with van der Waals surface area (Å²) in [6.07, 6.45) is 1.13. The molecule has 0 aliphatic rings. The van der Waals surface area contributed by atoms with Gasteiger partial charge in [0, 0.05) is 17.5 Å². The van der Waals surface area contributed by atoms with Crippen molar-refractivity contribution >= 4 is 38.8 Å². The molecule has 126 valence electrons. The summed E-state index contributed by atoms with van der Waals surface area (Å²) in [6, 6.07) is 12.7. The number of amides is 1. The van der Waals surface area contributed by atoms with Crippen molar-refractivity contribution in [2.75, 3.05) is 18.7 Å². The first-order valence-electron chi connectivity index (χ1n) is 6.86. The van der Waals surface area contributed by atoms with Gasteiger partial charge in [0.25, 0.3) is 5.91 Å². The molecule has 0 heterocycles. The second kappa shape index (κ2) is 7.41. The molecule has 2 rings (SSSR count). The van der Waals surface area contributed by atoms with Gasteiger partial charge in [-0.15, -0.1) is 0 Å². The molecule has 0 saturated carbocycles. The van der Waals surface area contributed by atoms with Crippen molar-refractivity contribution in [3.63, 3.8) is 0 Å². The van der Waals surface area contributed by atoms with Gasteiger partial charge in [0.2, 0.25) is 0 Å². The average Bonchev–Trinajstić information content (AvgIpc) is 2.54. The lowest BCUT2D eigenvalue weighted by molar-refractivity contribution is 0.0977. The number of methoxy groups -OCH3 is 1. The van der Waals surface area contributed by atoms with Crippen molar-refractivity contribution < 1.29 is 17.9 Å². The van der Waals surface area contributed by atoms with Crippen LogP contribution in [0.25, 0.3) is 0 Å². The number of thiocarbonyl (C=S) groups is 1. The zero-order chi connectivity index (χ0) is 17.7. The van der Waals surface area contributed by atoms with Gasteiger partial charge >= 0.3 is 0 Å². The smallest absolute Gasteiger partial charge is 0.257 e. The van der Waals surface area contributed by atoms with Gasteiger partial charge in [0.15, 0.2) is 14.9 Å². The Morgan fingerprint density at radius 1 is 1.04 bits per heavy atom. The van der Waals surface area contributed by atoms with E-state index < -0.39 is 9.84 Å². The second-order valence-corrected chi connectivity index (χ2v) is 7.36. The molecule has 1 amide bonds. The fourth-order valence-electron chi connectivity index (χ4n) is 1.87. The number of sulfone groups is 1. The average molecular weight is 364 g/mol. The largest absolute Gasteiger partial charge is 0.497 e. The predicted octanol–water partition coefficient (Wildman–Crippen LogP) is 2.23. The SMILES string of the molecule is COc1ccc(C(=O)NC(=S)Nc2ccc(S(C)(=O)=O)cc2)cc1. The molecule has 0 radical (unpaired) electrons. The molecule has 2 N–H and O–H groups in total. The van der Waals surface area contributed by atoms with Crippen LogP contribution in [-0.2, 0) is 9.84 Å². The zero-order valence-electron chi connectivity index (χ0n) is 13.1. The topological polar surface area (TPSA) is 84.5 Å². The van der Waals surface area contributed by atoms with Crippen molar-refractivity contribution in [1.82, 2.24) is 5.32 Å². The van der Waals surface area contributed by atoms with E-state index >= 15 is 0 Å². The summed E-state index contributed by atoms with van der Waals surface area (Å²) in [5, 5.41) is 5.49. The van der Waals surface area contributed by atoms with Crippen molar-refractivity contribution in [2.24, 2.45) is 0 Å². The molecule has 24 heavy (non-hydrogen) atoms. The first-order chi connectivity index (χ1) is 11.3. The maximum absolute atomic E-state index is 12.1. The summed E-state index contributed by atoms with van der Waals surface area (Å²) < 4.78 is 27.8. The Morgan fingerprint density at radius 2 is 1.62 bits per heavy atom. The lowest BCUT2D eigenvalue weighted by Crippen LogP contribution is -2.34. The fraction of sp³-hybridized carbons (Fsp3) is 0.125. The number of benzene rings is 2. The normalized spacial score (nSPS) is 10.8. The molecule has 0 unspecified atom stereocenters. The summed E-state index contributed by atoms with van der Waals surface area (Å²) in [4.78, 5) is 12.3. The molecule has 0 spiro atoms. The summed E-state index contributed by atoms with van der Waals surface area (Å²) in [5.41, 5.74) is 1.01. The van der Waals surface area contributed by atoms with Crippen LogP contribution in [0.3, 0.4) is 0 Å². The van der Waals surface area contributed by atoms with Crippen LogP contribution in [0.5, 0.6) is 5.75 Å². The van der Waals surface area contributed by atoms with Crippen molar-refractivity contribution in [3.05, 3.63) is 54.1 Å². The van der Waals surface area contributed by atoms with Crippen LogP contribution in [0.4, 0.5) is 5.69 Å². The molecule has 0 fully saturated rings. The molecule has 2 aromatic carbocycles. The number of ether oxygens (including phenoxy) is 1. The maximum Gasteiger partial charge on any atom is 0.257 e. The quantitative estimate of drug-likeness (QED) is 0.810. The summed E-state index contributed by atoms with van der Waals surface area (Å²) in [7, 11) is -1.70. The third-order valence-corrected chi connectivity index (χ3v) is 4.45. The van der Waals surface area contributed by atoms with Gasteiger partial charge in [-0.3, -0.25) is 10.1 Å². The van der Waals surface area contributed by atoms with Crippen LogP contribution in [0, 0.1) is 0 Å². The molecule has 6 nitrogen and oxygen atoms in total. The number of rotatable bonds is 4. The van der Waals surface area contributed by atoms with Crippen LogP contribution >= 0.6 is 12.2 Å². The van der Waals surface area contributed by atoms with Crippen molar-refractivity contribution in [1.29, 1.82) is 0 Å². The molecule has 0 aromatic heterocycles. The zero-order valence-corrected chi connectivity index (χ0v) is 14.7. The Labute approximate surface area is 145 Å². The summed E-state index contributed by atoms with van der Waals surface area (Å²) >= 11 is 5.08. The van der Waals surface area contributed by atoms with Crippen LogP contribution in [0.1, 0.15) is 10.4 Å². The lowest BCUT2D eigenvalue weighted by Gasteiger charge is -2.10. The third kappa shape index (κ3) is 4.77. The van der Waals surface area contributed by atoms with Gasteiger partial charge in [0.1, 0.15) is 5.75 Å². The first kappa shape index (κ1) is 17.9. The minimum Gasteiger partial charge on any atom is -0.497 e. The molecular formula is C16H16N2O4S2. The molecule has 0 saturated heterocycles. The number of hydrogen-bond acceptors (Lipinski definition) is 5. The minimum atomic E-state index is -3.25. The molecule has 8 heteroatoms. The lowest BCUT2D eigenvalue weighted by atomic mass is 10.2. The van der Waals surface area contributed by atoms with Gasteiger partial charge in [-0.1, -0.05) is 0 Å². The molecule has 0 bridgehead atoms. The standard InChI is InChI=1S/C16H16N2O4S2/c1-22-13-7-3-11(4-8-13)15(19)18-16(23)17-12-5-9-14(10-6-12)24(2,20)21/h3-10H,1-2H3,(H2,17,18,19,23). The van der Waals surface area contributed by atoms with E-state index in [4.69, 9.17) is 17.0 Å². The highest BCUT2D eigenvalue weighted by Gasteiger charge is 2.09. The fourth-order valence-corrected chi connectivity index (χ4v) is 2.71. The summed E-state index contributed by atoms with van der Waals surface area (Å²) in [6.45, 7) is 0. The van der Waals surface area contributed by atoms with Crippen molar-refractivity contribution in [3.8, 4) is 5.75 Å². The van der Waals surface area contributed by atoms with Gasteiger partial charge in [-0.2, -0.15) is 0 Å². The van der Waals surface area contributed by atoms with E-state index in [1.54, 1.807) is 43.5 Å². The highest BCUT2D eigenvalue weighted by molar-refractivity contribution is 7.90. The number of hydrogen-bond donors (Lipinski definition) is 2. The molecule has 0 aliphatic heterocycles. The first-order valence-corrected chi connectivity index (χ1v) is 9.16. The van der Waals surface area contributed by atoms with Crippen LogP contribution in [0.15, 0.2) is 53.4 Å². The minimum absolute atomic E-state index is 0.114. The van der Waals surface area contributed by atoms with Gasteiger partial charge in [-0.25, -0.2) is 8.42 Å². The molecule has 0 atom stereocenters. The van der Waals surface area contributed by atoms with Gasteiger partial charge < -0.3 is 10.1 Å². The number of carbonyl (C=O) groups excluding carboxylic acids is 1.